The minimum absolute atomic E-state index is 0.00180. The molecule has 3 aromatic heterocycles. The van der Waals surface area contributed by atoms with E-state index < -0.39 is 23.6 Å². The second kappa shape index (κ2) is 12.8. The van der Waals surface area contributed by atoms with Crippen molar-refractivity contribution in [1.82, 2.24) is 34.6 Å². The van der Waals surface area contributed by atoms with Crippen LogP contribution in [0.25, 0.3) is 28.1 Å². The number of fused-ring (bicyclic) bond motifs is 1. The van der Waals surface area contributed by atoms with Gasteiger partial charge in [0.05, 0.1) is 30.8 Å². The molecule has 15 heteroatoms. The number of ether oxygens (including phenoxy) is 2. The summed E-state index contributed by atoms with van der Waals surface area (Å²) in [5.41, 5.74) is 3.59. The van der Waals surface area contributed by atoms with E-state index in [9.17, 15) is 22.0 Å². The Bertz CT molecular complexity index is 2060. The third-order valence-corrected chi connectivity index (χ3v) is 8.38. The molecule has 0 spiro atoms. The van der Waals surface area contributed by atoms with Gasteiger partial charge in [-0.1, -0.05) is 18.2 Å². The number of pyridine rings is 1. The Balaban J connectivity index is 1.07. The molecule has 0 saturated carbocycles. The molecule has 2 aliphatic rings. The van der Waals surface area contributed by atoms with Crippen molar-refractivity contribution in [2.24, 2.45) is 0 Å². The van der Waals surface area contributed by atoms with E-state index in [1.54, 1.807) is 18.2 Å². The molecule has 2 aliphatic heterocycles. The highest BCUT2D eigenvalue weighted by Gasteiger charge is 2.35. The Morgan fingerprint density at radius 3 is 2.60 bits per heavy atom. The van der Waals surface area contributed by atoms with Crippen LogP contribution in [-0.2, 0) is 30.6 Å². The zero-order valence-corrected chi connectivity index (χ0v) is 25.3. The van der Waals surface area contributed by atoms with Crippen LogP contribution < -0.4 is 4.74 Å². The number of imidazole rings is 1. The topological polar surface area (TPSA) is 118 Å². The normalized spacial score (nSPS) is 16.8. The molecule has 1 N–H and O–H groups in total. The number of nitrogens with one attached hydrogen (secondary N) is 1. The smallest absolute Gasteiger partial charge is 0.451 e. The van der Waals surface area contributed by atoms with Crippen LogP contribution in [0.2, 0.25) is 0 Å². The van der Waals surface area contributed by atoms with E-state index in [2.05, 4.69) is 26.0 Å². The SMILES string of the molecule is N#Cc1ccc(COc2cc(C3=CCN(Cc4nc5cc(-c6n[nH]c(C(F)(F)F)n6)cnc5n4CC4CCO4)CC3)ccc2F)c(F)c1. The fourth-order valence-corrected chi connectivity index (χ4v) is 5.66. The minimum atomic E-state index is -4.65. The van der Waals surface area contributed by atoms with Crippen molar-refractivity contribution in [3.8, 4) is 23.2 Å². The van der Waals surface area contributed by atoms with E-state index in [0.29, 0.717) is 55.9 Å². The number of alkyl halides is 3. The van der Waals surface area contributed by atoms with E-state index in [1.165, 1.54) is 24.4 Å². The Morgan fingerprint density at radius 1 is 1.06 bits per heavy atom. The molecule has 1 fully saturated rings. The molecule has 2 aromatic carbocycles. The largest absolute Gasteiger partial charge is 0.486 e. The van der Waals surface area contributed by atoms with Crippen LogP contribution in [0.1, 0.15) is 41.2 Å². The van der Waals surface area contributed by atoms with Gasteiger partial charge >= 0.3 is 6.18 Å². The fourth-order valence-electron chi connectivity index (χ4n) is 5.66. The highest BCUT2D eigenvalue weighted by Crippen LogP contribution is 2.31. The van der Waals surface area contributed by atoms with Gasteiger partial charge in [-0.25, -0.2) is 23.7 Å². The molecule has 1 atom stereocenters. The Kier molecular flexibility index (Phi) is 8.36. The predicted molar refractivity (Wildman–Crippen MR) is 162 cm³/mol. The first-order valence-corrected chi connectivity index (χ1v) is 15.1. The number of aromatic amines is 1. The molecule has 0 amide bonds. The summed E-state index contributed by atoms with van der Waals surface area (Å²) in [7, 11) is 0. The number of nitrogens with zero attached hydrogens (tertiary/aromatic N) is 7. The van der Waals surface area contributed by atoms with Gasteiger partial charge < -0.3 is 14.0 Å². The number of aromatic nitrogens is 6. The average Bonchev–Trinajstić information content (AvgIpc) is 3.68. The molecule has 0 aliphatic carbocycles. The van der Waals surface area contributed by atoms with Crippen molar-refractivity contribution in [3.63, 3.8) is 0 Å². The van der Waals surface area contributed by atoms with Gasteiger partial charge in [0.2, 0.25) is 5.82 Å². The molecule has 48 heavy (non-hydrogen) atoms. The third kappa shape index (κ3) is 6.49. The van der Waals surface area contributed by atoms with Gasteiger partial charge in [-0.3, -0.25) is 10.00 Å². The number of halogens is 5. The summed E-state index contributed by atoms with van der Waals surface area (Å²) in [4.78, 5) is 15.1. The highest BCUT2D eigenvalue weighted by molar-refractivity contribution is 5.77. The molecular weight excluding hydrogens is 635 g/mol. The molecule has 5 aromatic rings. The van der Waals surface area contributed by atoms with E-state index in [1.807, 2.05) is 15.7 Å². The standard InChI is InChI=1S/C33H27F5N8O2/c34-25-4-3-21(13-28(25)48-18-22-2-1-19(14-39)11-26(22)35)20-5-8-45(9-6-20)17-29-41-27-12-23(30-42-32(44-43-30)33(36,37)38)15-40-31(27)46(29)16-24-7-10-47-24/h1-5,11-13,15,24H,6-10,16-18H2,(H,42,43,44). The molecule has 5 heterocycles. The van der Waals surface area contributed by atoms with Crippen LogP contribution in [0, 0.1) is 23.0 Å². The molecule has 246 valence electrons. The molecule has 10 nitrogen and oxygen atoms in total. The second-order valence-corrected chi connectivity index (χ2v) is 11.6. The van der Waals surface area contributed by atoms with Crippen LogP contribution >= 0.6 is 0 Å². The van der Waals surface area contributed by atoms with Crippen LogP contribution in [0.4, 0.5) is 22.0 Å². The van der Waals surface area contributed by atoms with Gasteiger partial charge in [0.25, 0.3) is 0 Å². The van der Waals surface area contributed by atoms with E-state index >= 15 is 0 Å². The lowest BCUT2D eigenvalue weighted by molar-refractivity contribution is -0.144. The van der Waals surface area contributed by atoms with Crippen LogP contribution in [-0.4, -0.2) is 60.4 Å². The lowest BCUT2D eigenvalue weighted by Gasteiger charge is -2.29. The van der Waals surface area contributed by atoms with E-state index in [4.69, 9.17) is 19.7 Å². The Hall–Kier alpha value is -5.20. The maximum atomic E-state index is 14.6. The van der Waals surface area contributed by atoms with Gasteiger partial charge in [-0.15, -0.1) is 0 Å². The lowest BCUT2D eigenvalue weighted by atomic mass is 9.99. The van der Waals surface area contributed by atoms with Gasteiger partial charge in [-0.05, 0) is 54.3 Å². The number of nitriles is 1. The van der Waals surface area contributed by atoms with Crippen molar-refractivity contribution in [2.45, 2.75) is 44.8 Å². The minimum Gasteiger partial charge on any atom is -0.486 e. The number of rotatable bonds is 9. The van der Waals surface area contributed by atoms with Crippen molar-refractivity contribution in [1.29, 1.82) is 5.26 Å². The summed E-state index contributed by atoms with van der Waals surface area (Å²) >= 11 is 0. The lowest BCUT2D eigenvalue weighted by Crippen LogP contribution is -2.33. The first-order chi connectivity index (χ1) is 23.1. The summed E-state index contributed by atoms with van der Waals surface area (Å²) in [5.74, 6) is -1.75. The predicted octanol–water partition coefficient (Wildman–Crippen LogP) is 6.04. The summed E-state index contributed by atoms with van der Waals surface area (Å²) in [5, 5.41) is 14.6. The number of hydrogen-bond acceptors (Lipinski definition) is 8. The number of H-pyrrole nitrogens is 1. The maximum absolute atomic E-state index is 14.6. The van der Waals surface area contributed by atoms with Crippen LogP contribution in [0.15, 0.2) is 54.7 Å². The maximum Gasteiger partial charge on any atom is 0.451 e. The first-order valence-electron chi connectivity index (χ1n) is 15.1. The fraction of sp³-hybridized carbons (Fsp3) is 0.303. The number of hydrogen-bond donors (Lipinski definition) is 1. The monoisotopic (exact) mass is 662 g/mol. The quantitative estimate of drug-likeness (QED) is 0.190. The van der Waals surface area contributed by atoms with Crippen molar-refractivity contribution >= 4 is 16.7 Å². The average molecular weight is 663 g/mol. The molecular formula is C33H27F5N8O2. The molecule has 0 bridgehead atoms. The number of benzene rings is 2. The van der Waals surface area contributed by atoms with E-state index in [-0.39, 0.29) is 35.4 Å². The van der Waals surface area contributed by atoms with Gasteiger partial charge in [-0.2, -0.15) is 23.5 Å². The zero-order valence-electron chi connectivity index (χ0n) is 25.3. The van der Waals surface area contributed by atoms with Gasteiger partial charge in [0.1, 0.15) is 23.8 Å². The summed E-state index contributed by atoms with van der Waals surface area (Å²) in [6.45, 7) is 2.76. The highest BCUT2D eigenvalue weighted by atomic mass is 19.4. The second-order valence-electron chi connectivity index (χ2n) is 11.6. The summed E-state index contributed by atoms with van der Waals surface area (Å²) < 4.78 is 81.4. The van der Waals surface area contributed by atoms with Crippen molar-refractivity contribution in [2.75, 3.05) is 19.7 Å². The first kappa shape index (κ1) is 31.4. The van der Waals surface area contributed by atoms with Crippen molar-refractivity contribution < 1.29 is 31.4 Å². The van der Waals surface area contributed by atoms with Gasteiger partial charge in [0.15, 0.2) is 23.0 Å². The summed E-state index contributed by atoms with van der Waals surface area (Å²) in [6, 6.07) is 12.1. The molecule has 7 rings (SSSR count). The molecule has 1 saturated heterocycles. The zero-order chi connectivity index (χ0) is 33.4. The summed E-state index contributed by atoms with van der Waals surface area (Å²) in [6.07, 6.45) is 0.421. The van der Waals surface area contributed by atoms with Crippen LogP contribution in [0.3, 0.4) is 0 Å². The Labute approximate surface area is 270 Å². The molecule has 1 unspecified atom stereocenters. The van der Waals surface area contributed by atoms with Crippen molar-refractivity contribution in [3.05, 3.63) is 94.7 Å². The Morgan fingerprint density at radius 2 is 1.92 bits per heavy atom. The van der Waals surface area contributed by atoms with Gasteiger partial charge in [0, 0.05) is 37.0 Å². The van der Waals surface area contributed by atoms with Crippen LogP contribution in [0.5, 0.6) is 5.75 Å². The molecule has 0 radical (unpaired) electrons. The third-order valence-electron chi connectivity index (χ3n) is 8.38. The van der Waals surface area contributed by atoms with E-state index in [0.717, 1.165) is 29.4 Å².